The van der Waals surface area contributed by atoms with Crippen molar-refractivity contribution in [3.63, 3.8) is 0 Å². The molecule has 0 amide bonds. The van der Waals surface area contributed by atoms with Crippen molar-refractivity contribution in [3.05, 3.63) is 5.89 Å². The first-order valence-corrected chi connectivity index (χ1v) is 4.97. The number of halogens is 1. The van der Waals surface area contributed by atoms with E-state index in [9.17, 15) is 0 Å². The summed E-state index contributed by atoms with van der Waals surface area (Å²) >= 11 is 5.52. The number of methoxy groups -OCH3 is 1. The second-order valence-corrected chi connectivity index (χ2v) is 3.11. The smallest absolute Gasteiger partial charge is 0.315 e. The maximum absolute atomic E-state index is 5.52. The highest BCUT2D eigenvalue weighted by molar-refractivity contribution is 6.16. The fourth-order valence-corrected chi connectivity index (χ4v) is 1.11. The van der Waals surface area contributed by atoms with Crippen molar-refractivity contribution >= 4 is 17.6 Å². The van der Waals surface area contributed by atoms with Gasteiger partial charge in [-0.25, -0.2) is 0 Å². The molecule has 1 rings (SSSR count). The molecule has 1 N–H and O–H groups in total. The minimum absolute atomic E-state index is 0.184. The fourth-order valence-electron chi connectivity index (χ4n) is 1.00. The SMILES string of the molecule is CCC(COC)Nc1nnc(CCl)o1. The number of aromatic nitrogens is 2. The maximum atomic E-state index is 5.52. The quantitative estimate of drug-likeness (QED) is 0.738. The van der Waals surface area contributed by atoms with Crippen LogP contribution >= 0.6 is 11.6 Å². The van der Waals surface area contributed by atoms with Gasteiger partial charge in [0.25, 0.3) is 0 Å². The van der Waals surface area contributed by atoms with Crippen molar-refractivity contribution in [3.8, 4) is 0 Å². The van der Waals surface area contributed by atoms with Gasteiger partial charge in [-0.3, -0.25) is 0 Å². The number of nitrogens with one attached hydrogen (secondary N) is 1. The largest absolute Gasteiger partial charge is 0.407 e. The molecule has 1 atom stereocenters. The lowest BCUT2D eigenvalue weighted by Crippen LogP contribution is -2.23. The van der Waals surface area contributed by atoms with Crippen LogP contribution in [0.3, 0.4) is 0 Å². The van der Waals surface area contributed by atoms with Crippen LogP contribution in [-0.2, 0) is 10.6 Å². The lowest BCUT2D eigenvalue weighted by atomic mass is 10.2. The van der Waals surface area contributed by atoms with Crippen LogP contribution in [0.4, 0.5) is 6.01 Å². The van der Waals surface area contributed by atoms with Gasteiger partial charge in [0, 0.05) is 7.11 Å². The number of nitrogens with zero attached hydrogens (tertiary/aromatic N) is 2. The first kappa shape index (κ1) is 11.3. The number of ether oxygens (including phenoxy) is 1. The predicted molar refractivity (Wildman–Crippen MR) is 53.4 cm³/mol. The van der Waals surface area contributed by atoms with E-state index in [2.05, 4.69) is 22.4 Å². The molecule has 0 aromatic carbocycles. The Bertz CT molecular complexity index is 267. The fraction of sp³-hybridized carbons (Fsp3) is 0.750. The Morgan fingerprint density at radius 1 is 1.57 bits per heavy atom. The van der Waals surface area contributed by atoms with E-state index in [1.165, 1.54) is 0 Å². The van der Waals surface area contributed by atoms with E-state index < -0.39 is 0 Å². The molecule has 6 heteroatoms. The third-order valence-corrected chi connectivity index (χ3v) is 2.00. The minimum atomic E-state index is 0.184. The molecule has 1 aromatic heterocycles. The van der Waals surface area contributed by atoms with Crippen LogP contribution in [-0.4, -0.2) is 30.0 Å². The Morgan fingerprint density at radius 3 is 2.86 bits per heavy atom. The molecule has 1 heterocycles. The van der Waals surface area contributed by atoms with Gasteiger partial charge in [0.05, 0.1) is 12.6 Å². The van der Waals surface area contributed by atoms with Crippen molar-refractivity contribution < 1.29 is 9.15 Å². The summed E-state index contributed by atoms with van der Waals surface area (Å²) in [5.41, 5.74) is 0. The average molecular weight is 220 g/mol. The second-order valence-electron chi connectivity index (χ2n) is 2.84. The standard InChI is InChI=1S/C8H14ClN3O2/c1-3-6(5-13-2)10-8-12-11-7(4-9)14-8/h6H,3-5H2,1-2H3,(H,10,12). The molecular formula is C8H14ClN3O2. The van der Waals surface area contributed by atoms with Crippen molar-refractivity contribution in [2.75, 3.05) is 19.0 Å². The summed E-state index contributed by atoms with van der Waals surface area (Å²) < 4.78 is 10.2. The third-order valence-electron chi connectivity index (χ3n) is 1.77. The Labute approximate surface area is 87.8 Å². The molecule has 0 saturated heterocycles. The summed E-state index contributed by atoms with van der Waals surface area (Å²) in [6.45, 7) is 2.66. The van der Waals surface area contributed by atoms with Crippen LogP contribution in [0, 0.1) is 0 Å². The number of rotatable bonds is 6. The first-order valence-electron chi connectivity index (χ1n) is 4.44. The lowest BCUT2D eigenvalue weighted by Gasteiger charge is -2.13. The average Bonchev–Trinajstić information content (AvgIpc) is 2.65. The molecule has 0 fully saturated rings. The minimum Gasteiger partial charge on any atom is -0.407 e. The van der Waals surface area contributed by atoms with E-state index in [1.807, 2.05) is 0 Å². The van der Waals surface area contributed by atoms with Crippen LogP contribution < -0.4 is 5.32 Å². The highest BCUT2D eigenvalue weighted by Crippen LogP contribution is 2.09. The number of hydrogen-bond donors (Lipinski definition) is 1. The van der Waals surface area contributed by atoms with Crippen LogP contribution in [0.15, 0.2) is 4.42 Å². The van der Waals surface area contributed by atoms with Gasteiger partial charge in [0.1, 0.15) is 5.88 Å². The van der Waals surface area contributed by atoms with Crippen molar-refractivity contribution in [1.29, 1.82) is 0 Å². The molecule has 80 valence electrons. The van der Waals surface area contributed by atoms with Gasteiger partial charge < -0.3 is 14.5 Å². The van der Waals surface area contributed by atoms with Gasteiger partial charge in [-0.1, -0.05) is 12.0 Å². The monoisotopic (exact) mass is 219 g/mol. The molecule has 0 spiro atoms. The Morgan fingerprint density at radius 2 is 2.36 bits per heavy atom. The van der Waals surface area contributed by atoms with Crippen molar-refractivity contribution in [2.45, 2.75) is 25.3 Å². The first-order chi connectivity index (χ1) is 6.80. The van der Waals surface area contributed by atoms with E-state index >= 15 is 0 Å². The van der Waals surface area contributed by atoms with Crippen LogP contribution in [0.5, 0.6) is 0 Å². The van der Waals surface area contributed by atoms with E-state index in [1.54, 1.807) is 7.11 Å². The molecule has 0 radical (unpaired) electrons. The zero-order valence-electron chi connectivity index (χ0n) is 8.29. The summed E-state index contributed by atoms with van der Waals surface area (Å²) in [6.07, 6.45) is 0.923. The molecular weight excluding hydrogens is 206 g/mol. The van der Waals surface area contributed by atoms with Gasteiger partial charge >= 0.3 is 6.01 Å². The molecule has 14 heavy (non-hydrogen) atoms. The van der Waals surface area contributed by atoms with Gasteiger partial charge in [-0.15, -0.1) is 16.7 Å². The zero-order chi connectivity index (χ0) is 10.4. The summed E-state index contributed by atoms with van der Waals surface area (Å²) in [4.78, 5) is 0. The van der Waals surface area contributed by atoms with Crippen molar-refractivity contribution in [1.82, 2.24) is 10.2 Å². The summed E-state index contributed by atoms with van der Waals surface area (Å²) in [6, 6.07) is 0.577. The number of hydrogen-bond acceptors (Lipinski definition) is 5. The van der Waals surface area contributed by atoms with Crippen LogP contribution in [0.1, 0.15) is 19.2 Å². The second kappa shape index (κ2) is 5.82. The van der Waals surface area contributed by atoms with E-state index in [-0.39, 0.29) is 11.9 Å². The van der Waals surface area contributed by atoms with E-state index in [0.717, 1.165) is 6.42 Å². The number of anilines is 1. The summed E-state index contributed by atoms with van der Waals surface area (Å²) in [5, 5.41) is 10.6. The van der Waals surface area contributed by atoms with Crippen LogP contribution in [0.25, 0.3) is 0 Å². The molecule has 0 aliphatic rings. The van der Waals surface area contributed by atoms with E-state index in [4.69, 9.17) is 20.8 Å². The Kier molecular flexibility index (Phi) is 4.69. The van der Waals surface area contributed by atoms with Gasteiger partial charge in [-0.05, 0) is 6.42 Å². The third kappa shape index (κ3) is 3.16. The van der Waals surface area contributed by atoms with E-state index in [0.29, 0.717) is 18.5 Å². The Balaban J connectivity index is 2.48. The number of alkyl halides is 1. The molecule has 0 aliphatic heterocycles. The highest BCUT2D eigenvalue weighted by Gasteiger charge is 2.10. The molecule has 0 aliphatic carbocycles. The van der Waals surface area contributed by atoms with Gasteiger partial charge in [0.15, 0.2) is 0 Å². The van der Waals surface area contributed by atoms with Crippen LogP contribution in [0.2, 0.25) is 0 Å². The molecule has 5 nitrogen and oxygen atoms in total. The maximum Gasteiger partial charge on any atom is 0.315 e. The molecule has 1 unspecified atom stereocenters. The van der Waals surface area contributed by atoms with Crippen molar-refractivity contribution in [2.24, 2.45) is 0 Å². The lowest BCUT2D eigenvalue weighted by molar-refractivity contribution is 0.183. The molecule has 0 saturated carbocycles. The highest BCUT2D eigenvalue weighted by atomic mass is 35.5. The zero-order valence-corrected chi connectivity index (χ0v) is 9.04. The normalized spacial score (nSPS) is 12.8. The summed E-state index contributed by atoms with van der Waals surface area (Å²) in [5.74, 6) is 0.650. The molecule has 1 aromatic rings. The van der Waals surface area contributed by atoms with Gasteiger partial charge in [0.2, 0.25) is 5.89 Å². The van der Waals surface area contributed by atoms with Gasteiger partial charge in [-0.2, -0.15) is 0 Å². The summed E-state index contributed by atoms with van der Waals surface area (Å²) in [7, 11) is 1.66. The molecule has 0 bridgehead atoms. The predicted octanol–water partition coefficient (Wildman–Crippen LogP) is 1.65. The topological polar surface area (TPSA) is 60.2 Å². The Hall–Kier alpha value is -0.810.